The Morgan fingerprint density at radius 3 is 2.54 bits per heavy atom. The average molecular weight is 193 g/mol. The molecule has 0 heterocycles. The minimum atomic E-state index is -0.652. The van der Waals surface area contributed by atoms with E-state index >= 15 is 0 Å². The summed E-state index contributed by atoms with van der Waals surface area (Å²) < 4.78 is 0. The molecule has 1 aromatic rings. The van der Waals surface area contributed by atoms with E-state index < -0.39 is 6.10 Å². The Kier molecular flexibility index (Phi) is 3.81. The Balaban J connectivity index is 2.74. The molecular formula is C10H11NOS. The van der Waals surface area contributed by atoms with Crippen LogP contribution < -0.4 is 0 Å². The molecule has 1 N–H and O–H groups in total. The molecule has 1 aromatic carbocycles. The molecule has 0 aliphatic heterocycles. The van der Waals surface area contributed by atoms with Crippen LogP contribution in [-0.2, 0) is 0 Å². The molecule has 0 aliphatic rings. The van der Waals surface area contributed by atoms with Gasteiger partial charge in [-0.15, -0.1) is 11.8 Å². The van der Waals surface area contributed by atoms with Gasteiger partial charge in [0.15, 0.2) is 0 Å². The van der Waals surface area contributed by atoms with Gasteiger partial charge in [-0.25, -0.2) is 0 Å². The monoisotopic (exact) mass is 193 g/mol. The lowest BCUT2D eigenvalue weighted by Gasteiger charge is -2.06. The minimum absolute atomic E-state index is 0.151. The summed E-state index contributed by atoms with van der Waals surface area (Å²) in [7, 11) is 0. The van der Waals surface area contributed by atoms with E-state index in [4.69, 9.17) is 5.26 Å². The van der Waals surface area contributed by atoms with Gasteiger partial charge < -0.3 is 5.11 Å². The van der Waals surface area contributed by atoms with Gasteiger partial charge in [0, 0.05) is 4.90 Å². The van der Waals surface area contributed by atoms with Crippen molar-refractivity contribution in [2.45, 2.75) is 17.4 Å². The topological polar surface area (TPSA) is 44.0 Å². The predicted octanol–water partition coefficient (Wildman–Crippen LogP) is 2.36. The smallest absolute Gasteiger partial charge is 0.0919 e. The van der Waals surface area contributed by atoms with Crippen molar-refractivity contribution in [3.05, 3.63) is 29.8 Å². The van der Waals surface area contributed by atoms with E-state index in [1.165, 1.54) is 0 Å². The molecule has 68 valence electrons. The van der Waals surface area contributed by atoms with E-state index in [0.717, 1.165) is 10.5 Å². The molecule has 1 atom stereocenters. The molecule has 0 radical (unpaired) electrons. The van der Waals surface area contributed by atoms with E-state index in [-0.39, 0.29) is 6.42 Å². The maximum Gasteiger partial charge on any atom is 0.0919 e. The van der Waals surface area contributed by atoms with Gasteiger partial charge in [-0.2, -0.15) is 5.26 Å². The average Bonchev–Trinajstić information content (AvgIpc) is 2.18. The van der Waals surface area contributed by atoms with Gasteiger partial charge in [-0.05, 0) is 24.0 Å². The molecule has 1 unspecified atom stereocenters. The Labute approximate surface area is 82.2 Å². The molecule has 3 heteroatoms. The summed E-state index contributed by atoms with van der Waals surface area (Å²) in [5.41, 5.74) is 0.805. The van der Waals surface area contributed by atoms with Gasteiger partial charge in [0.1, 0.15) is 0 Å². The SMILES string of the molecule is CSc1ccc(C(O)CC#N)cc1. The van der Waals surface area contributed by atoms with Gasteiger partial charge in [-0.3, -0.25) is 0 Å². The van der Waals surface area contributed by atoms with Gasteiger partial charge >= 0.3 is 0 Å². The van der Waals surface area contributed by atoms with Crippen molar-refractivity contribution in [2.75, 3.05) is 6.26 Å². The Morgan fingerprint density at radius 2 is 2.08 bits per heavy atom. The van der Waals surface area contributed by atoms with Crippen molar-refractivity contribution >= 4 is 11.8 Å². The summed E-state index contributed by atoms with van der Waals surface area (Å²) in [6.45, 7) is 0. The Hall–Kier alpha value is -0.980. The van der Waals surface area contributed by atoms with E-state index in [0.29, 0.717) is 0 Å². The third-order valence-corrected chi connectivity index (χ3v) is 2.53. The van der Waals surface area contributed by atoms with E-state index in [9.17, 15) is 5.11 Å². The van der Waals surface area contributed by atoms with Crippen LogP contribution in [0.5, 0.6) is 0 Å². The Morgan fingerprint density at radius 1 is 1.46 bits per heavy atom. The predicted molar refractivity (Wildman–Crippen MR) is 53.4 cm³/mol. The summed E-state index contributed by atoms with van der Waals surface area (Å²) >= 11 is 1.66. The number of thioether (sulfide) groups is 1. The summed E-state index contributed by atoms with van der Waals surface area (Å²) in [5.74, 6) is 0. The highest BCUT2D eigenvalue weighted by atomic mass is 32.2. The molecule has 0 amide bonds. The van der Waals surface area contributed by atoms with Crippen LogP contribution in [0.1, 0.15) is 18.1 Å². The Bertz CT molecular complexity index is 302. The maximum atomic E-state index is 9.45. The normalized spacial score (nSPS) is 12.1. The molecule has 0 saturated carbocycles. The molecule has 0 aromatic heterocycles. The van der Waals surface area contributed by atoms with Gasteiger partial charge in [0.25, 0.3) is 0 Å². The number of aliphatic hydroxyl groups is 1. The first-order valence-electron chi connectivity index (χ1n) is 3.97. The minimum Gasteiger partial charge on any atom is -0.387 e. The van der Waals surface area contributed by atoms with Crippen molar-refractivity contribution < 1.29 is 5.11 Å². The van der Waals surface area contributed by atoms with Crippen LogP contribution >= 0.6 is 11.8 Å². The molecule has 0 aliphatic carbocycles. The summed E-state index contributed by atoms with van der Waals surface area (Å²) in [4.78, 5) is 1.16. The third-order valence-electron chi connectivity index (χ3n) is 1.79. The second-order valence-electron chi connectivity index (χ2n) is 2.65. The van der Waals surface area contributed by atoms with Crippen LogP contribution in [0, 0.1) is 11.3 Å². The molecule has 13 heavy (non-hydrogen) atoms. The van der Waals surface area contributed by atoms with Crippen LogP contribution in [0.2, 0.25) is 0 Å². The van der Waals surface area contributed by atoms with Crippen LogP contribution in [-0.4, -0.2) is 11.4 Å². The standard InChI is InChI=1S/C10H11NOS/c1-13-9-4-2-8(3-5-9)10(12)6-7-11/h2-5,10,12H,6H2,1H3. The summed E-state index contributed by atoms with van der Waals surface area (Å²) in [6.07, 6.45) is 1.50. The zero-order valence-corrected chi connectivity index (χ0v) is 8.21. The van der Waals surface area contributed by atoms with Crippen LogP contribution in [0.25, 0.3) is 0 Å². The van der Waals surface area contributed by atoms with Gasteiger partial charge in [-0.1, -0.05) is 12.1 Å². The zero-order chi connectivity index (χ0) is 9.68. The van der Waals surface area contributed by atoms with Crippen molar-refractivity contribution in [1.29, 1.82) is 5.26 Å². The lowest BCUT2D eigenvalue weighted by atomic mass is 10.1. The second-order valence-corrected chi connectivity index (χ2v) is 3.53. The number of rotatable bonds is 3. The fourth-order valence-electron chi connectivity index (χ4n) is 1.03. The fraction of sp³-hybridized carbons (Fsp3) is 0.300. The highest BCUT2D eigenvalue weighted by molar-refractivity contribution is 7.98. The van der Waals surface area contributed by atoms with Crippen molar-refractivity contribution in [3.8, 4) is 6.07 Å². The highest BCUT2D eigenvalue weighted by Gasteiger charge is 2.05. The second kappa shape index (κ2) is 4.90. The lowest BCUT2D eigenvalue weighted by Crippen LogP contribution is -1.94. The first-order chi connectivity index (χ1) is 6.27. The molecule has 2 nitrogen and oxygen atoms in total. The van der Waals surface area contributed by atoms with Gasteiger partial charge in [0.2, 0.25) is 0 Å². The molecule has 0 fully saturated rings. The zero-order valence-electron chi connectivity index (χ0n) is 7.40. The van der Waals surface area contributed by atoms with Gasteiger partial charge in [0.05, 0.1) is 18.6 Å². The fourth-order valence-corrected chi connectivity index (χ4v) is 1.44. The molecule has 0 spiro atoms. The molecule has 0 bridgehead atoms. The number of hydrogen-bond acceptors (Lipinski definition) is 3. The summed E-state index contributed by atoms with van der Waals surface area (Å²) in [6, 6.07) is 9.54. The number of nitrogens with zero attached hydrogens (tertiary/aromatic N) is 1. The first kappa shape index (κ1) is 10.1. The molecule has 0 saturated heterocycles. The van der Waals surface area contributed by atoms with Crippen molar-refractivity contribution in [3.63, 3.8) is 0 Å². The van der Waals surface area contributed by atoms with E-state index in [1.54, 1.807) is 11.8 Å². The number of aliphatic hydroxyl groups excluding tert-OH is 1. The van der Waals surface area contributed by atoms with Crippen LogP contribution in [0.15, 0.2) is 29.2 Å². The highest BCUT2D eigenvalue weighted by Crippen LogP contribution is 2.20. The molecular weight excluding hydrogens is 182 g/mol. The van der Waals surface area contributed by atoms with E-state index in [2.05, 4.69) is 0 Å². The lowest BCUT2D eigenvalue weighted by molar-refractivity contribution is 0.183. The first-order valence-corrected chi connectivity index (χ1v) is 5.19. The number of nitriles is 1. The summed E-state index contributed by atoms with van der Waals surface area (Å²) in [5, 5.41) is 17.8. The van der Waals surface area contributed by atoms with Crippen molar-refractivity contribution in [2.24, 2.45) is 0 Å². The van der Waals surface area contributed by atoms with Crippen molar-refractivity contribution in [1.82, 2.24) is 0 Å². The largest absolute Gasteiger partial charge is 0.387 e. The van der Waals surface area contributed by atoms with E-state index in [1.807, 2.05) is 36.6 Å². The number of benzene rings is 1. The number of hydrogen-bond donors (Lipinski definition) is 1. The van der Waals surface area contributed by atoms with Crippen LogP contribution in [0.3, 0.4) is 0 Å². The third kappa shape index (κ3) is 2.76. The maximum absolute atomic E-state index is 9.45. The molecule has 1 rings (SSSR count). The quantitative estimate of drug-likeness (QED) is 0.749. The van der Waals surface area contributed by atoms with Crippen LogP contribution in [0.4, 0.5) is 0 Å².